The third-order valence-electron chi connectivity index (χ3n) is 8.99. The third-order valence-corrected chi connectivity index (χ3v) is 10.5. The normalized spacial score (nSPS) is 20.9. The molecular weight excluding hydrogens is 730 g/mol. The number of hydrogen-bond donors (Lipinski definition) is 7. The molecule has 16 heteroatoms. The fourth-order valence-electron chi connectivity index (χ4n) is 6.52. The average molecular weight is 767 g/mol. The van der Waals surface area contributed by atoms with Crippen molar-refractivity contribution in [1.82, 2.24) is 35.8 Å². The molecule has 4 unspecified atom stereocenters. The van der Waals surface area contributed by atoms with Gasteiger partial charge in [-0.05, 0) is 93.0 Å². The second-order valence-electron chi connectivity index (χ2n) is 12.5. The third kappa shape index (κ3) is 8.83. The van der Waals surface area contributed by atoms with Crippen LogP contribution in [0.25, 0.3) is 22.9 Å². The summed E-state index contributed by atoms with van der Waals surface area (Å²) in [6.45, 7) is 2.71. The molecule has 0 aliphatic carbocycles. The second kappa shape index (κ2) is 16.0. The summed E-state index contributed by atoms with van der Waals surface area (Å²) < 4.78 is 0. The summed E-state index contributed by atoms with van der Waals surface area (Å²) >= 11 is 24.4. The summed E-state index contributed by atoms with van der Waals surface area (Å²) in [7, 11) is 0. The maximum Gasteiger partial charge on any atom is 0.199 e. The van der Waals surface area contributed by atoms with Crippen molar-refractivity contribution in [1.29, 1.82) is 0 Å². The van der Waals surface area contributed by atoms with E-state index in [1.165, 1.54) is 0 Å². The fraction of sp³-hybridized carbons (Fsp3) is 0.286. The number of nitrogens with one attached hydrogen (secondary N) is 6. The molecule has 12 nitrogen and oxygen atoms in total. The first-order valence-corrected chi connectivity index (χ1v) is 18.1. The van der Waals surface area contributed by atoms with Crippen LogP contribution in [0.1, 0.15) is 19.3 Å². The number of benzene rings is 2. The predicted octanol–water partition coefficient (Wildman–Crippen LogP) is 7.22. The fourth-order valence-corrected chi connectivity index (χ4v) is 7.11. The Morgan fingerprint density at radius 2 is 1.59 bits per heavy atom. The number of aromatic amines is 1. The number of pyridine rings is 2. The Bertz CT molecular complexity index is 2020. The number of anilines is 3. The van der Waals surface area contributed by atoms with E-state index in [0.29, 0.717) is 54.9 Å². The molecule has 8 N–H and O–H groups in total. The lowest BCUT2D eigenvalue weighted by molar-refractivity contribution is 0.222. The number of nitrogens with zero attached hydrogens (tertiary/aromatic N) is 5. The Hall–Kier alpha value is -4.17. The first-order chi connectivity index (χ1) is 24.8. The zero-order valence-electron chi connectivity index (χ0n) is 27.3. The highest BCUT2D eigenvalue weighted by atomic mass is 35.5. The van der Waals surface area contributed by atoms with Crippen LogP contribution in [0.2, 0.25) is 20.1 Å². The smallest absolute Gasteiger partial charge is 0.199 e. The van der Waals surface area contributed by atoms with Gasteiger partial charge in [-0.2, -0.15) is 10.1 Å². The van der Waals surface area contributed by atoms with Gasteiger partial charge in [-0.25, -0.2) is 15.0 Å². The number of rotatable bonds is 9. The van der Waals surface area contributed by atoms with Gasteiger partial charge < -0.3 is 32.3 Å². The van der Waals surface area contributed by atoms with E-state index in [4.69, 9.17) is 62.1 Å². The van der Waals surface area contributed by atoms with Crippen LogP contribution in [-0.2, 0) is 0 Å². The largest absolute Gasteiger partial charge is 0.369 e. The Morgan fingerprint density at radius 3 is 2.41 bits per heavy atom. The number of H-pyrrole nitrogens is 1. The van der Waals surface area contributed by atoms with Gasteiger partial charge in [0.1, 0.15) is 17.3 Å². The van der Waals surface area contributed by atoms with Crippen molar-refractivity contribution in [3.05, 3.63) is 92.9 Å². The molecule has 2 saturated heterocycles. The molecule has 4 atom stereocenters. The van der Waals surface area contributed by atoms with Crippen LogP contribution in [0.15, 0.2) is 77.8 Å². The van der Waals surface area contributed by atoms with E-state index >= 15 is 0 Å². The summed E-state index contributed by atoms with van der Waals surface area (Å²) in [6.07, 6.45) is 2.88. The molecule has 5 aromatic rings. The zero-order valence-corrected chi connectivity index (χ0v) is 30.3. The first-order valence-electron chi connectivity index (χ1n) is 16.6. The van der Waals surface area contributed by atoms with Crippen LogP contribution in [0.3, 0.4) is 0 Å². The standard InChI is InChI=1S/C35H36Cl4N12/c36-23-9-7-19(15-25(23)38)33-49-34(51-50-33)28-3-1-4-30(46-28)43-21-11-14-42-29(17-21)22-18-41-13-12-27(22)45-31-5-2-6-32(47-31)48-35(40)44-20-8-10-24(37)26(39)16-20/h1-10,15-16,21-22,27,29,41-42H,11-14,17-18H2,(H,43,46)(H,49,50,51)(H4,40,44,45,47,48). The molecule has 51 heavy (non-hydrogen) atoms. The maximum absolute atomic E-state index is 6.21. The van der Waals surface area contributed by atoms with Crippen molar-refractivity contribution in [2.24, 2.45) is 16.6 Å². The van der Waals surface area contributed by atoms with E-state index in [9.17, 15) is 0 Å². The highest BCUT2D eigenvalue weighted by Gasteiger charge is 2.35. The quantitative estimate of drug-likeness (QED) is 0.0602. The lowest BCUT2D eigenvalue weighted by atomic mass is 9.81. The van der Waals surface area contributed by atoms with Crippen LogP contribution in [-0.4, -0.2) is 68.9 Å². The van der Waals surface area contributed by atoms with Gasteiger partial charge >= 0.3 is 0 Å². The molecule has 2 aliphatic rings. The molecule has 0 radical (unpaired) electrons. The van der Waals surface area contributed by atoms with Crippen LogP contribution >= 0.6 is 46.4 Å². The van der Waals surface area contributed by atoms with Gasteiger partial charge in [0, 0.05) is 41.8 Å². The van der Waals surface area contributed by atoms with Crippen molar-refractivity contribution in [3.8, 4) is 22.9 Å². The number of nitrogens with two attached hydrogens (primary N) is 1. The van der Waals surface area contributed by atoms with Gasteiger partial charge in [0.25, 0.3) is 0 Å². The van der Waals surface area contributed by atoms with E-state index in [1.54, 1.807) is 30.3 Å². The van der Waals surface area contributed by atoms with Gasteiger partial charge in [-0.1, -0.05) is 58.5 Å². The molecule has 0 spiro atoms. The minimum absolute atomic E-state index is 0.191. The Kier molecular flexibility index (Phi) is 11.1. The topological polar surface area (TPSA) is 166 Å². The molecule has 2 aromatic carbocycles. The highest BCUT2D eigenvalue weighted by molar-refractivity contribution is 6.42. The summed E-state index contributed by atoms with van der Waals surface area (Å²) in [5.74, 6) is 3.63. The minimum atomic E-state index is 0.191. The summed E-state index contributed by atoms with van der Waals surface area (Å²) in [5.41, 5.74) is 8.31. The summed E-state index contributed by atoms with van der Waals surface area (Å²) in [5, 5.41) is 27.0. The Morgan fingerprint density at radius 1 is 0.804 bits per heavy atom. The van der Waals surface area contributed by atoms with E-state index in [0.717, 1.165) is 56.1 Å². The van der Waals surface area contributed by atoms with Gasteiger partial charge in [-0.3, -0.25) is 5.10 Å². The monoisotopic (exact) mass is 764 g/mol. The highest BCUT2D eigenvalue weighted by Crippen LogP contribution is 2.30. The van der Waals surface area contributed by atoms with Gasteiger partial charge in [0.05, 0.1) is 20.1 Å². The van der Waals surface area contributed by atoms with E-state index in [-0.39, 0.29) is 24.1 Å². The lowest BCUT2D eigenvalue weighted by Gasteiger charge is -2.42. The predicted molar refractivity (Wildman–Crippen MR) is 207 cm³/mol. The molecular formula is C35H36Cl4N12. The van der Waals surface area contributed by atoms with E-state index < -0.39 is 0 Å². The average Bonchev–Trinajstić information content (AvgIpc) is 3.62. The number of halogens is 4. The van der Waals surface area contributed by atoms with Gasteiger partial charge in [0.2, 0.25) is 0 Å². The van der Waals surface area contributed by atoms with Crippen molar-refractivity contribution >= 4 is 75.5 Å². The number of aliphatic imine (C=N–C) groups is 1. The number of hydrogen-bond acceptors (Lipinski definition) is 9. The SMILES string of the molecule is NC(=Nc1cccc(NC2CCNCC2C2CC(Nc3cccc(-c4nc(-c5ccc(Cl)c(Cl)c5)n[nH]4)n3)CCN2)n1)Nc1ccc(Cl)c(Cl)c1. The molecule has 264 valence electrons. The number of piperidine rings is 2. The lowest BCUT2D eigenvalue weighted by Crippen LogP contribution is -2.56. The first kappa shape index (κ1) is 35.2. The van der Waals surface area contributed by atoms with E-state index in [2.05, 4.69) is 46.8 Å². The Labute approximate surface area is 315 Å². The summed E-state index contributed by atoms with van der Waals surface area (Å²) in [4.78, 5) is 18.7. The number of aromatic nitrogens is 5. The second-order valence-corrected chi connectivity index (χ2v) is 14.1. The Balaban J connectivity index is 0.986. The van der Waals surface area contributed by atoms with E-state index in [1.807, 2.05) is 42.5 Å². The zero-order chi connectivity index (χ0) is 35.3. The van der Waals surface area contributed by atoms with Gasteiger partial charge in [-0.15, -0.1) is 0 Å². The molecule has 7 rings (SSSR count). The van der Waals surface area contributed by atoms with Gasteiger partial charge in [0.15, 0.2) is 23.4 Å². The van der Waals surface area contributed by atoms with Crippen LogP contribution in [0, 0.1) is 5.92 Å². The molecule has 0 amide bonds. The molecule has 0 bridgehead atoms. The molecule has 2 aliphatic heterocycles. The van der Waals surface area contributed by atoms with Crippen molar-refractivity contribution < 1.29 is 0 Å². The summed E-state index contributed by atoms with van der Waals surface area (Å²) in [6, 6.07) is 22.8. The van der Waals surface area contributed by atoms with Crippen molar-refractivity contribution in [2.45, 2.75) is 37.4 Å². The van der Waals surface area contributed by atoms with Crippen LogP contribution in [0.4, 0.5) is 23.1 Å². The van der Waals surface area contributed by atoms with Crippen molar-refractivity contribution in [3.63, 3.8) is 0 Å². The molecule has 5 heterocycles. The molecule has 0 saturated carbocycles. The molecule has 2 fully saturated rings. The van der Waals surface area contributed by atoms with Crippen molar-refractivity contribution in [2.75, 3.05) is 35.6 Å². The van der Waals surface area contributed by atoms with Crippen LogP contribution < -0.4 is 32.3 Å². The minimum Gasteiger partial charge on any atom is -0.369 e. The van der Waals surface area contributed by atoms with Crippen LogP contribution in [0.5, 0.6) is 0 Å². The molecule has 3 aromatic heterocycles. The maximum atomic E-state index is 6.21. The number of guanidine groups is 1.